The van der Waals surface area contributed by atoms with Crippen LogP contribution in [0.25, 0.3) is 0 Å². The van der Waals surface area contributed by atoms with Crippen LogP contribution < -0.4 is 4.74 Å². The molecule has 1 unspecified atom stereocenters. The molecule has 0 fully saturated rings. The molecule has 0 amide bonds. The summed E-state index contributed by atoms with van der Waals surface area (Å²) in [6.45, 7) is 13.7. The average molecular weight is 410 g/mol. The Morgan fingerprint density at radius 3 is 2.24 bits per heavy atom. The number of hydrogen-bond acceptors (Lipinski definition) is 4. The van der Waals surface area contributed by atoms with Gasteiger partial charge in [-0.3, -0.25) is 0 Å². The smallest absolute Gasteiger partial charge is 0.191 e. The van der Waals surface area contributed by atoms with E-state index in [1.807, 2.05) is 19.1 Å². The lowest BCUT2D eigenvalue weighted by molar-refractivity contribution is 0.210. The second-order valence-electron chi connectivity index (χ2n) is 8.39. The predicted molar refractivity (Wildman–Crippen MR) is 121 cm³/mol. The first-order valence-electron chi connectivity index (χ1n) is 10.2. The Morgan fingerprint density at radius 2 is 1.66 bits per heavy atom. The largest absolute Gasteiger partial charge is 0.483 e. The summed E-state index contributed by atoms with van der Waals surface area (Å²) in [6, 6.07) is 17.0. The maximum atomic E-state index is 6.17. The molecule has 2 aromatic carbocycles. The average Bonchev–Trinajstić information content (AvgIpc) is 3.10. The van der Waals surface area contributed by atoms with Crippen molar-refractivity contribution >= 4 is 11.8 Å². The second-order valence-corrected chi connectivity index (χ2v) is 9.34. The summed E-state index contributed by atoms with van der Waals surface area (Å²) in [5, 5.41) is 9.79. The van der Waals surface area contributed by atoms with Gasteiger partial charge in [0.15, 0.2) is 17.1 Å². The lowest BCUT2D eigenvalue weighted by Crippen LogP contribution is -2.13. The van der Waals surface area contributed by atoms with Gasteiger partial charge in [0, 0.05) is 12.3 Å². The SMILES string of the molecule is CCn1c(SCc2ccc(C)cc2)nnc1C(C)Oc1ccc(C(C)(C)C)cc1. The lowest BCUT2D eigenvalue weighted by atomic mass is 9.87. The van der Waals surface area contributed by atoms with E-state index in [2.05, 4.69) is 85.8 Å². The van der Waals surface area contributed by atoms with Gasteiger partial charge < -0.3 is 9.30 Å². The van der Waals surface area contributed by atoms with Crippen molar-refractivity contribution in [3.63, 3.8) is 0 Å². The summed E-state index contributed by atoms with van der Waals surface area (Å²) >= 11 is 1.71. The monoisotopic (exact) mass is 409 g/mol. The Hall–Kier alpha value is -2.27. The number of aryl methyl sites for hydroxylation is 1. The van der Waals surface area contributed by atoms with Gasteiger partial charge in [-0.25, -0.2) is 0 Å². The van der Waals surface area contributed by atoms with E-state index in [9.17, 15) is 0 Å². The second kappa shape index (κ2) is 9.04. The summed E-state index contributed by atoms with van der Waals surface area (Å²) in [4.78, 5) is 0. The molecule has 0 bridgehead atoms. The van der Waals surface area contributed by atoms with Gasteiger partial charge in [0.25, 0.3) is 0 Å². The van der Waals surface area contributed by atoms with Crippen molar-refractivity contribution in [2.24, 2.45) is 0 Å². The molecule has 5 heteroatoms. The summed E-state index contributed by atoms with van der Waals surface area (Å²) in [5.41, 5.74) is 4.00. The lowest BCUT2D eigenvalue weighted by Gasteiger charge is -2.20. The van der Waals surface area contributed by atoms with Crippen LogP contribution in [0.4, 0.5) is 0 Å². The van der Waals surface area contributed by atoms with Gasteiger partial charge >= 0.3 is 0 Å². The standard InChI is InChI=1S/C24H31N3OS/c1-7-27-22(18(3)28-21-14-12-20(13-15-21)24(4,5)6)25-26-23(27)29-16-19-10-8-17(2)9-11-19/h8-15,18H,7,16H2,1-6H3. The van der Waals surface area contributed by atoms with Crippen molar-refractivity contribution in [2.45, 2.75) is 70.5 Å². The number of nitrogens with zero attached hydrogens (tertiary/aromatic N) is 3. The zero-order valence-corrected chi connectivity index (χ0v) is 19.1. The van der Waals surface area contributed by atoms with E-state index in [4.69, 9.17) is 4.74 Å². The molecule has 0 saturated heterocycles. The first kappa shape index (κ1) is 21.4. The minimum atomic E-state index is -0.170. The molecule has 3 rings (SSSR count). The molecule has 1 heterocycles. The molecule has 0 spiro atoms. The Labute approximate surface area is 178 Å². The van der Waals surface area contributed by atoms with Crippen molar-refractivity contribution in [1.29, 1.82) is 0 Å². The van der Waals surface area contributed by atoms with E-state index < -0.39 is 0 Å². The third-order valence-electron chi connectivity index (χ3n) is 4.95. The molecular weight excluding hydrogens is 378 g/mol. The fraction of sp³-hybridized carbons (Fsp3) is 0.417. The molecule has 154 valence electrons. The highest BCUT2D eigenvalue weighted by Crippen LogP contribution is 2.28. The predicted octanol–water partition coefficient (Wildman–Crippen LogP) is 6.34. The molecule has 1 atom stereocenters. The fourth-order valence-corrected chi connectivity index (χ4v) is 4.09. The number of hydrogen-bond donors (Lipinski definition) is 0. The van der Waals surface area contributed by atoms with Crippen LogP contribution in [0.1, 0.15) is 63.2 Å². The molecule has 0 aliphatic carbocycles. The van der Waals surface area contributed by atoms with Crippen molar-refractivity contribution < 1.29 is 4.74 Å². The number of benzene rings is 2. The van der Waals surface area contributed by atoms with E-state index in [1.54, 1.807) is 11.8 Å². The van der Waals surface area contributed by atoms with Gasteiger partial charge in [0.2, 0.25) is 0 Å². The van der Waals surface area contributed by atoms with Gasteiger partial charge in [-0.2, -0.15) is 0 Å². The summed E-state index contributed by atoms with van der Waals surface area (Å²) in [6.07, 6.45) is -0.170. The molecule has 0 aliphatic heterocycles. The molecule has 0 radical (unpaired) electrons. The maximum Gasteiger partial charge on any atom is 0.191 e. The number of aromatic nitrogens is 3. The fourth-order valence-electron chi connectivity index (χ4n) is 3.13. The first-order valence-corrected chi connectivity index (χ1v) is 11.1. The molecular formula is C24H31N3OS. The van der Waals surface area contributed by atoms with E-state index in [-0.39, 0.29) is 11.5 Å². The van der Waals surface area contributed by atoms with Crippen LogP contribution in [0.15, 0.2) is 53.7 Å². The first-order chi connectivity index (χ1) is 13.8. The van der Waals surface area contributed by atoms with Crippen molar-refractivity contribution in [3.05, 3.63) is 71.0 Å². The van der Waals surface area contributed by atoms with Gasteiger partial charge in [0.05, 0.1) is 0 Å². The van der Waals surface area contributed by atoms with Crippen LogP contribution in [0, 0.1) is 6.92 Å². The summed E-state index contributed by atoms with van der Waals surface area (Å²) in [7, 11) is 0. The highest BCUT2D eigenvalue weighted by atomic mass is 32.2. The topological polar surface area (TPSA) is 39.9 Å². The van der Waals surface area contributed by atoms with Gasteiger partial charge in [0.1, 0.15) is 5.75 Å². The normalized spacial score (nSPS) is 12.8. The van der Waals surface area contributed by atoms with Crippen molar-refractivity contribution in [2.75, 3.05) is 0 Å². The van der Waals surface area contributed by atoms with Crippen LogP contribution >= 0.6 is 11.8 Å². The van der Waals surface area contributed by atoms with Crippen LogP contribution in [-0.2, 0) is 17.7 Å². The van der Waals surface area contributed by atoms with E-state index in [1.165, 1.54) is 16.7 Å². The Balaban J connectivity index is 1.69. The molecule has 3 aromatic rings. The van der Waals surface area contributed by atoms with Gasteiger partial charge in [-0.05, 0) is 49.4 Å². The van der Waals surface area contributed by atoms with E-state index >= 15 is 0 Å². The Kier molecular flexibility index (Phi) is 6.68. The van der Waals surface area contributed by atoms with Gasteiger partial charge in [-0.15, -0.1) is 10.2 Å². The summed E-state index contributed by atoms with van der Waals surface area (Å²) in [5.74, 6) is 2.59. The molecule has 1 aromatic heterocycles. The number of rotatable bonds is 7. The van der Waals surface area contributed by atoms with Crippen molar-refractivity contribution in [1.82, 2.24) is 14.8 Å². The molecule has 29 heavy (non-hydrogen) atoms. The highest BCUT2D eigenvalue weighted by molar-refractivity contribution is 7.98. The van der Waals surface area contributed by atoms with E-state index in [0.29, 0.717) is 0 Å². The van der Waals surface area contributed by atoms with Crippen LogP contribution in [0.3, 0.4) is 0 Å². The third kappa shape index (κ3) is 5.41. The quantitative estimate of drug-likeness (QED) is 0.427. The zero-order valence-electron chi connectivity index (χ0n) is 18.3. The molecule has 0 N–H and O–H groups in total. The minimum Gasteiger partial charge on any atom is -0.483 e. The van der Waals surface area contributed by atoms with Gasteiger partial charge in [-0.1, -0.05) is 74.5 Å². The Bertz CT molecular complexity index is 924. The van der Waals surface area contributed by atoms with Crippen LogP contribution in [0.5, 0.6) is 5.75 Å². The maximum absolute atomic E-state index is 6.17. The summed E-state index contributed by atoms with van der Waals surface area (Å²) < 4.78 is 8.31. The van der Waals surface area contributed by atoms with Crippen LogP contribution in [0.2, 0.25) is 0 Å². The van der Waals surface area contributed by atoms with Crippen LogP contribution in [-0.4, -0.2) is 14.8 Å². The highest BCUT2D eigenvalue weighted by Gasteiger charge is 2.19. The van der Waals surface area contributed by atoms with E-state index in [0.717, 1.165) is 29.0 Å². The third-order valence-corrected chi connectivity index (χ3v) is 5.98. The zero-order chi connectivity index (χ0) is 21.0. The Morgan fingerprint density at radius 1 is 1.00 bits per heavy atom. The number of ether oxygens (including phenoxy) is 1. The molecule has 4 nitrogen and oxygen atoms in total. The number of thioether (sulfide) groups is 1. The molecule has 0 saturated carbocycles. The molecule has 0 aliphatic rings. The van der Waals surface area contributed by atoms with Crippen molar-refractivity contribution in [3.8, 4) is 5.75 Å². The minimum absolute atomic E-state index is 0.135.